The SMILES string of the molecule is C=CCC(O)CCC1OC1CCCCCCCC. The Balaban J connectivity index is 1.86. The molecule has 0 aromatic heterocycles. The summed E-state index contributed by atoms with van der Waals surface area (Å²) in [6.07, 6.45) is 14.4. The van der Waals surface area contributed by atoms with Gasteiger partial charge in [0.15, 0.2) is 0 Å². The van der Waals surface area contributed by atoms with Crippen LogP contribution in [0.2, 0.25) is 0 Å². The van der Waals surface area contributed by atoms with Crippen molar-refractivity contribution in [3.05, 3.63) is 12.7 Å². The minimum Gasteiger partial charge on any atom is -0.393 e. The van der Waals surface area contributed by atoms with Crippen molar-refractivity contribution in [1.29, 1.82) is 0 Å². The van der Waals surface area contributed by atoms with Crippen LogP contribution < -0.4 is 0 Å². The fourth-order valence-corrected chi connectivity index (χ4v) is 2.48. The van der Waals surface area contributed by atoms with Crippen molar-refractivity contribution in [2.45, 2.75) is 89.4 Å². The lowest BCUT2D eigenvalue weighted by molar-refractivity contribution is 0.160. The first-order valence-electron chi connectivity index (χ1n) is 7.72. The van der Waals surface area contributed by atoms with E-state index in [0.29, 0.717) is 18.6 Å². The molecule has 1 saturated heterocycles. The Morgan fingerprint density at radius 2 is 1.78 bits per heavy atom. The van der Waals surface area contributed by atoms with Gasteiger partial charge in [0.05, 0.1) is 18.3 Å². The molecule has 0 saturated carbocycles. The van der Waals surface area contributed by atoms with Crippen LogP contribution in [0.3, 0.4) is 0 Å². The second-order valence-electron chi connectivity index (χ2n) is 5.52. The van der Waals surface area contributed by atoms with Crippen LogP contribution in [-0.2, 0) is 4.74 Å². The van der Waals surface area contributed by atoms with Crippen LogP contribution in [0.4, 0.5) is 0 Å². The van der Waals surface area contributed by atoms with Crippen molar-refractivity contribution in [2.24, 2.45) is 0 Å². The summed E-state index contributed by atoms with van der Waals surface area (Å²) >= 11 is 0. The number of hydrogen-bond donors (Lipinski definition) is 1. The molecule has 0 radical (unpaired) electrons. The number of epoxide rings is 1. The maximum atomic E-state index is 9.58. The Hall–Kier alpha value is -0.340. The molecule has 0 aliphatic carbocycles. The zero-order valence-electron chi connectivity index (χ0n) is 11.9. The summed E-state index contributed by atoms with van der Waals surface area (Å²) in [6, 6.07) is 0. The number of hydrogen-bond acceptors (Lipinski definition) is 2. The number of aliphatic hydroxyl groups excluding tert-OH is 1. The van der Waals surface area contributed by atoms with Gasteiger partial charge < -0.3 is 9.84 Å². The zero-order valence-corrected chi connectivity index (χ0v) is 11.9. The molecule has 106 valence electrons. The summed E-state index contributed by atoms with van der Waals surface area (Å²) < 4.78 is 5.64. The van der Waals surface area contributed by atoms with Gasteiger partial charge in [0.1, 0.15) is 0 Å². The smallest absolute Gasteiger partial charge is 0.0842 e. The summed E-state index contributed by atoms with van der Waals surface area (Å²) in [5.41, 5.74) is 0. The van der Waals surface area contributed by atoms with Gasteiger partial charge >= 0.3 is 0 Å². The van der Waals surface area contributed by atoms with Crippen LogP contribution in [0.1, 0.15) is 71.1 Å². The highest BCUT2D eigenvalue weighted by molar-refractivity contribution is 4.85. The third kappa shape index (κ3) is 7.17. The molecule has 2 heteroatoms. The first-order valence-corrected chi connectivity index (χ1v) is 7.72. The predicted octanol–water partition coefficient (Wildman–Crippen LogP) is 4.22. The fraction of sp³-hybridized carbons (Fsp3) is 0.875. The van der Waals surface area contributed by atoms with Crippen LogP contribution >= 0.6 is 0 Å². The van der Waals surface area contributed by atoms with E-state index < -0.39 is 0 Å². The highest BCUT2D eigenvalue weighted by Crippen LogP contribution is 2.31. The maximum Gasteiger partial charge on any atom is 0.0842 e. The Kier molecular flexibility index (Phi) is 8.36. The first-order chi connectivity index (χ1) is 8.77. The minimum absolute atomic E-state index is 0.221. The zero-order chi connectivity index (χ0) is 13.2. The van der Waals surface area contributed by atoms with E-state index in [1.807, 2.05) is 0 Å². The standard InChI is InChI=1S/C16H30O2/c1-3-5-6-7-8-9-11-15-16(18-15)13-12-14(17)10-4-2/h4,14-17H,2-3,5-13H2,1H3. The van der Waals surface area contributed by atoms with Gasteiger partial charge in [-0.15, -0.1) is 6.58 Å². The molecule has 1 aliphatic rings. The van der Waals surface area contributed by atoms with Crippen molar-refractivity contribution in [1.82, 2.24) is 0 Å². The second kappa shape index (κ2) is 9.57. The fourth-order valence-electron chi connectivity index (χ4n) is 2.48. The average Bonchev–Trinajstić information content (AvgIpc) is 3.10. The molecule has 18 heavy (non-hydrogen) atoms. The summed E-state index contributed by atoms with van der Waals surface area (Å²) in [5.74, 6) is 0. The molecule has 3 atom stereocenters. The van der Waals surface area contributed by atoms with Gasteiger partial charge in [0, 0.05) is 0 Å². The highest BCUT2D eigenvalue weighted by atomic mass is 16.6. The van der Waals surface area contributed by atoms with E-state index in [0.717, 1.165) is 12.8 Å². The summed E-state index contributed by atoms with van der Waals surface area (Å²) in [6.45, 7) is 5.89. The largest absolute Gasteiger partial charge is 0.393 e. The van der Waals surface area contributed by atoms with Gasteiger partial charge in [0.25, 0.3) is 0 Å². The lowest BCUT2D eigenvalue weighted by atomic mass is 10.0. The van der Waals surface area contributed by atoms with Gasteiger partial charge in [-0.25, -0.2) is 0 Å². The molecule has 3 unspecified atom stereocenters. The lowest BCUT2D eigenvalue weighted by Crippen LogP contribution is -2.07. The van der Waals surface area contributed by atoms with Gasteiger partial charge in [-0.05, 0) is 25.7 Å². The van der Waals surface area contributed by atoms with Gasteiger partial charge in [-0.2, -0.15) is 0 Å². The van der Waals surface area contributed by atoms with Crippen molar-refractivity contribution in [3.8, 4) is 0 Å². The van der Waals surface area contributed by atoms with Gasteiger partial charge in [0.2, 0.25) is 0 Å². The Bertz CT molecular complexity index is 215. The quantitative estimate of drug-likeness (QED) is 0.321. The average molecular weight is 254 g/mol. The molecule has 0 aromatic carbocycles. The molecule has 1 N–H and O–H groups in total. The Labute approximate surface area is 112 Å². The summed E-state index contributed by atoms with van der Waals surface area (Å²) in [4.78, 5) is 0. The van der Waals surface area contributed by atoms with E-state index in [2.05, 4.69) is 13.5 Å². The molecule has 1 rings (SSSR count). The second-order valence-corrected chi connectivity index (χ2v) is 5.52. The minimum atomic E-state index is -0.221. The molecule has 0 spiro atoms. The number of ether oxygens (including phenoxy) is 1. The Morgan fingerprint density at radius 3 is 2.50 bits per heavy atom. The highest BCUT2D eigenvalue weighted by Gasteiger charge is 2.37. The van der Waals surface area contributed by atoms with E-state index in [4.69, 9.17) is 4.74 Å². The van der Waals surface area contributed by atoms with E-state index in [1.54, 1.807) is 6.08 Å². The molecule has 1 heterocycles. The third-order valence-electron chi connectivity index (χ3n) is 3.75. The summed E-state index contributed by atoms with van der Waals surface area (Å²) in [5, 5.41) is 9.58. The molecule has 1 fully saturated rings. The van der Waals surface area contributed by atoms with Crippen LogP contribution in [0.5, 0.6) is 0 Å². The molecule has 0 amide bonds. The van der Waals surface area contributed by atoms with Crippen molar-refractivity contribution < 1.29 is 9.84 Å². The van der Waals surface area contributed by atoms with Crippen LogP contribution in [-0.4, -0.2) is 23.4 Å². The number of aliphatic hydroxyl groups is 1. The monoisotopic (exact) mass is 254 g/mol. The topological polar surface area (TPSA) is 32.8 Å². The van der Waals surface area contributed by atoms with E-state index >= 15 is 0 Å². The maximum absolute atomic E-state index is 9.58. The molecular weight excluding hydrogens is 224 g/mol. The van der Waals surface area contributed by atoms with E-state index in [-0.39, 0.29) is 6.10 Å². The van der Waals surface area contributed by atoms with Gasteiger partial charge in [-0.1, -0.05) is 51.5 Å². The van der Waals surface area contributed by atoms with Crippen LogP contribution in [0, 0.1) is 0 Å². The first kappa shape index (κ1) is 15.7. The van der Waals surface area contributed by atoms with Crippen LogP contribution in [0.25, 0.3) is 0 Å². The molecule has 0 aromatic rings. The van der Waals surface area contributed by atoms with Crippen molar-refractivity contribution in [3.63, 3.8) is 0 Å². The van der Waals surface area contributed by atoms with Crippen molar-refractivity contribution >= 4 is 0 Å². The van der Waals surface area contributed by atoms with E-state index in [1.165, 1.54) is 44.9 Å². The third-order valence-corrected chi connectivity index (χ3v) is 3.75. The molecular formula is C16H30O2. The number of rotatable bonds is 12. The number of unbranched alkanes of at least 4 members (excludes halogenated alkanes) is 5. The molecule has 0 bridgehead atoms. The van der Waals surface area contributed by atoms with E-state index in [9.17, 15) is 5.11 Å². The lowest BCUT2D eigenvalue weighted by Gasteiger charge is -2.05. The molecule has 2 nitrogen and oxygen atoms in total. The Morgan fingerprint density at radius 1 is 1.11 bits per heavy atom. The summed E-state index contributed by atoms with van der Waals surface area (Å²) in [7, 11) is 0. The van der Waals surface area contributed by atoms with Crippen molar-refractivity contribution in [2.75, 3.05) is 0 Å². The van der Waals surface area contributed by atoms with Gasteiger partial charge in [-0.3, -0.25) is 0 Å². The molecule has 1 aliphatic heterocycles. The van der Waals surface area contributed by atoms with Crippen LogP contribution in [0.15, 0.2) is 12.7 Å². The predicted molar refractivity (Wildman–Crippen MR) is 76.7 cm³/mol. The normalized spacial score (nSPS) is 23.9.